The van der Waals surface area contributed by atoms with E-state index in [0.29, 0.717) is 10.4 Å². The zero-order chi connectivity index (χ0) is 12.6. The standard InChI is InChI=1S/C13H10BrFOS/c1-7-3-9(5-10(15)4-7)13(16)12-6-11(14)8(2)17-12/h3-6H,1-2H3. The summed E-state index contributed by atoms with van der Waals surface area (Å²) in [7, 11) is 0. The van der Waals surface area contributed by atoms with Gasteiger partial charge in [0.25, 0.3) is 0 Å². The zero-order valence-electron chi connectivity index (χ0n) is 9.38. The number of hydrogen-bond acceptors (Lipinski definition) is 2. The van der Waals surface area contributed by atoms with Crippen LogP contribution in [0.4, 0.5) is 4.39 Å². The molecular formula is C13H10BrFOS. The lowest BCUT2D eigenvalue weighted by atomic mass is 10.1. The molecule has 0 spiro atoms. The molecule has 0 amide bonds. The Morgan fingerprint density at radius 1 is 1.24 bits per heavy atom. The number of carbonyl (C=O) groups excluding carboxylic acids is 1. The predicted octanol–water partition coefficient (Wildman–Crippen LogP) is 4.50. The summed E-state index contributed by atoms with van der Waals surface area (Å²) in [6, 6.07) is 6.17. The Morgan fingerprint density at radius 3 is 2.47 bits per heavy atom. The maximum atomic E-state index is 13.2. The van der Waals surface area contributed by atoms with E-state index >= 15 is 0 Å². The third-order valence-corrected chi connectivity index (χ3v) is 4.52. The molecule has 0 aliphatic carbocycles. The first-order chi connectivity index (χ1) is 7.97. The van der Waals surface area contributed by atoms with E-state index in [9.17, 15) is 9.18 Å². The third-order valence-electron chi connectivity index (χ3n) is 2.39. The number of rotatable bonds is 2. The lowest BCUT2D eigenvalue weighted by molar-refractivity contribution is 0.104. The fourth-order valence-electron chi connectivity index (χ4n) is 1.58. The average Bonchev–Trinajstić information content (AvgIpc) is 2.57. The van der Waals surface area contributed by atoms with E-state index in [1.807, 2.05) is 6.92 Å². The third kappa shape index (κ3) is 2.64. The highest BCUT2D eigenvalue weighted by Crippen LogP contribution is 2.28. The van der Waals surface area contributed by atoms with E-state index in [4.69, 9.17) is 0 Å². The van der Waals surface area contributed by atoms with Crippen LogP contribution in [0.2, 0.25) is 0 Å². The summed E-state index contributed by atoms with van der Waals surface area (Å²) in [5.41, 5.74) is 1.15. The molecule has 0 aliphatic rings. The van der Waals surface area contributed by atoms with Gasteiger partial charge in [-0.2, -0.15) is 0 Å². The maximum Gasteiger partial charge on any atom is 0.203 e. The van der Waals surface area contributed by atoms with Crippen molar-refractivity contribution in [3.05, 3.63) is 55.4 Å². The smallest absolute Gasteiger partial charge is 0.203 e. The fraction of sp³-hybridized carbons (Fsp3) is 0.154. The van der Waals surface area contributed by atoms with Gasteiger partial charge < -0.3 is 0 Å². The van der Waals surface area contributed by atoms with Crippen molar-refractivity contribution in [1.82, 2.24) is 0 Å². The van der Waals surface area contributed by atoms with Crippen molar-refractivity contribution in [2.45, 2.75) is 13.8 Å². The number of ketones is 1. The van der Waals surface area contributed by atoms with Crippen LogP contribution in [0.3, 0.4) is 0 Å². The van der Waals surface area contributed by atoms with Gasteiger partial charge in [0.1, 0.15) is 5.82 Å². The SMILES string of the molecule is Cc1cc(F)cc(C(=O)c2cc(Br)c(C)s2)c1. The Hall–Kier alpha value is -1.000. The van der Waals surface area contributed by atoms with Gasteiger partial charge in [0.05, 0.1) is 4.88 Å². The minimum absolute atomic E-state index is 0.133. The second-order valence-corrected chi connectivity index (χ2v) is 5.97. The topological polar surface area (TPSA) is 17.1 Å². The van der Waals surface area contributed by atoms with Crippen LogP contribution in [0.5, 0.6) is 0 Å². The molecule has 17 heavy (non-hydrogen) atoms. The first-order valence-electron chi connectivity index (χ1n) is 5.05. The van der Waals surface area contributed by atoms with Crippen molar-refractivity contribution in [2.24, 2.45) is 0 Å². The van der Waals surface area contributed by atoms with Gasteiger partial charge in [0.2, 0.25) is 5.78 Å². The highest BCUT2D eigenvalue weighted by Gasteiger charge is 2.14. The molecule has 1 heterocycles. The number of carbonyl (C=O) groups is 1. The summed E-state index contributed by atoms with van der Waals surface area (Å²) in [6.45, 7) is 3.71. The van der Waals surface area contributed by atoms with Crippen LogP contribution in [0, 0.1) is 19.7 Å². The Bertz CT molecular complexity index is 549. The lowest BCUT2D eigenvalue weighted by Gasteiger charge is -2.00. The summed E-state index contributed by atoms with van der Waals surface area (Å²) in [5, 5.41) is 0. The molecule has 2 rings (SSSR count). The van der Waals surface area contributed by atoms with Gasteiger partial charge >= 0.3 is 0 Å². The summed E-state index contributed by atoms with van der Waals surface area (Å²) in [6.07, 6.45) is 0. The van der Waals surface area contributed by atoms with Crippen molar-refractivity contribution in [1.29, 1.82) is 0 Å². The van der Waals surface area contributed by atoms with Crippen molar-refractivity contribution < 1.29 is 9.18 Å². The minimum Gasteiger partial charge on any atom is -0.288 e. The number of hydrogen-bond donors (Lipinski definition) is 0. The van der Waals surface area contributed by atoms with Gasteiger partial charge in [-0.15, -0.1) is 11.3 Å². The fourth-order valence-corrected chi connectivity index (χ4v) is 3.08. The quantitative estimate of drug-likeness (QED) is 0.746. The molecule has 0 saturated heterocycles. The molecule has 0 unspecified atom stereocenters. The van der Waals surface area contributed by atoms with E-state index in [1.54, 1.807) is 19.1 Å². The van der Waals surface area contributed by atoms with Crippen molar-refractivity contribution in [2.75, 3.05) is 0 Å². The number of aryl methyl sites for hydroxylation is 2. The molecule has 0 atom stereocenters. The summed E-state index contributed by atoms with van der Waals surface area (Å²) in [4.78, 5) is 13.8. The molecule has 0 saturated carbocycles. The molecule has 0 radical (unpaired) electrons. The van der Waals surface area contributed by atoms with E-state index in [0.717, 1.165) is 14.9 Å². The molecule has 0 fully saturated rings. The highest BCUT2D eigenvalue weighted by atomic mass is 79.9. The maximum absolute atomic E-state index is 13.2. The molecule has 4 heteroatoms. The van der Waals surface area contributed by atoms with Crippen LogP contribution in [0.25, 0.3) is 0 Å². The summed E-state index contributed by atoms with van der Waals surface area (Å²) >= 11 is 4.78. The van der Waals surface area contributed by atoms with E-state index in [2.05, 4.69) is 15.9 Å². The molecule has 0 N–H and O–H groups in total. The molecule has 2 aromatic rings. The monoisotopic (exact) mass is 312 g/mol. The Balaban J connectivity index is 2.43. The van der Waals surface area contributed by atoms with Gasteiger partial charge in [0.15, 0.2) is 0 Å². The van der Waals surface area contributed by atoms with Crippen molar-refractivity contribution in [3.63, 3.8) is 0 Å². The zero-order valence-corrected chi connectivity index (χ0v) is 11.8. The van der Waals surface area contributed by atoms with E-state index in [1.165, 1.54) is 23.5 Å². The summed E-state index contributed by atoms with van der Waals surface area (Å²) < 4.78 is 14.1. The Morgan fingerprint density at radius 2 is 1.94 bits per heavy atom. The van der Waals surface area contributed by atoms with Crippen molar-refractivity contribution in [3.8, 4) is 0 Å². The van der Waals surface area contributed by atoms with Gasteiger partial charge in [-0.05, 0) is 59.6 Å². The van der Waals surface area contributed by atoms with Crippen LogP contribution in [-0.2, 0) is 0 Å². The van der Waals surface area contributed by atoms with E-state index in [-0.39, 0.29) is 11.6 Å². The first-order valence-corrected chi connectivity index (χ1v) is 6.66. The second-order valence-electron chi connectivity index (χ2n) is 3.86. The van der Waals surface area contributed by atoms with Gasteiger partial charge in [-0.25, -0.2) is 4.39 Å². The average molecular weight is 313 g/mol. The van der Waals surface area contributed by atoms with Gasteiger partial charge in [-0.1, -0.05) is 0 Å². The number of benzene rings is 1. The molecule has 0 aliphatic heterocycles. The van der Waals surface area contributed by atoms with Crippen LogP contribution in [-0.4, -0.2) is 5.78 Å². The van der Waals surface area contributed by atoms with E-state index < -0.39 is 0 Å². The number of thiophene rings is 1. The van der Waals surface area contributed by atoms with Crippen LogP contribution in [0.1, 0.15) is 25.7 Å². The molecule has 1 nitrogen and oxygen atoms in total. The lowest BCUT2D eigenvalue weighted by Crippen LogP contribution is -1.99. The van der Waals surface area contributed by atoms with Gasteiger partial charge in [0, 0.05) is 14.9 Å². The summed E-state index contributed by atoms with van der Waals surface area (Å²) in [5.74, 6) is -0.507. The second kappa shape index (κ2) is 4.70. The molecule has 0 bridgehead atoms. The molecule has 88 valence electrons. The normalized spacial score (nSPS) is 10.6. The van der Waals surface area contributed by atoms with Crippen LogP contribution in [0.15, 0.2) is 28.7 Å². The highest BCUT2D eigenvalue weighted by molar-refractivity contribution is 9.10. The minimum atomic E-state index is -0.374. The predicted molar refractivity (Wildman–Crippen MR) is 71.3 cm³/mol. The first kappa shape index (κ1) is 12.5. The number of halogens is 2. The van der Waals surface area contributed by atoms with Crippen LogP contribution >= 0.6 is 27.3 Å². The molecule has 1 aromatic heterocycles. The molecular weight excluding hydrogens is 303 g/mol. The van der Waals surface area contributed by atoms with Gasteiger partial charge in [-0.3, -0.25) is 4.79 Å². The molecule has 1 aromatic carbocycles. The largest absolute Gasteiger partial charge is 0.288 e. The Labute approximate surface area is 111 Å². The van der Waals surface area contributed by atoms with Crippen LogP contribution < -0.4 is 0 Å². The van der Waals surface area contributed by atoms with Crippen molar-refractivity contribution >= 4 is 33.0 Å². The Kier molecular flexibility index (Phi) is 3.45.